The van der Waals surface area contributed by atoms with Gasteiger partial charge in [-0.3, -0.25) is 0 Å². The summed E-state index contributed by atoms with van der Waals surface area (Å²) >= 11 is 5.94. The van der Waals surface area contributed by atoms with Crippen molar-refractivity contribution in [3.63, 3.8) is 0 Å². The van der Waals surface area contributed by atoms with Crippen molar-refractivity contribution in [2.45, 2.75) is 20.3 Å². The minimum atomic E-state index is -1.54. The quantitative estimate of drug-likeness (QED) is 0.683. The van der Waals surface area contributed by atoms with E-state index >= 15 is 0 Å². The third-order valence-electron chi connectivity index (χ3n) is 2.74. The Hall–Kier alpha value is -1.82. The van der Waals surface area contributed by atoms with Gasteiger partial charge < -0.3 is 5.32 Å². The molecule has 2 aromatic rings. The lowest BCUT2D eigenvalue weighted by molar-refractivity contribution is 0.449. The lowest BCUT2D eigenvalue weighted by Crippen LogP contribution is -2.05. The summed E-state index contributed by atoms with van der Waals surface area (Å²) in [4.78, 5) is 8.18. The molecule has 1 aromatic carbocycles. The minimum absolute atomic E-state index is 0.219. The Balaban J connectivity index is 2.45. The van der Waals surface area contributed by atoms with Crippen molar-refractivity contribution < 1.29 is 13.2 Å². The Morgan fingerprint density at radius 3 is 2.50 bits per heavy atom. The van der Waals surface area contributed by atoms with E-state index < -0.39 is 17.5 Å². The van der Waals surface area contributed by atoms with E-state index in [-0.39, 0.29) is 16.7 Å². The summed E-state index contributed by atoms with van der Waals surface area (Å²) < 4.78 is 39.7. The Bertz CT molecular complexity index is 662. The summed E-state index contributed by atoms with van der Waals surface area (Å²) in [6.07, 6.45) is 0.537. The maximum absolute atomic E-state index is 13.6. The van der Waals surface area contributed by atoms with Crippen LogP contribution in [0.2, 0.25) is 5.15 Å². The highest BCUT2D eigenvalue weighted by atomic mass is 35.5. The van der Waals surface area contributed by atoms with Crippen LogP contribution < -0.4 is 5.32 Å². The van der Waals surface area contributed by atoms with Gasteiger partial charge in [0.2, 0.25) is 0 Å². The molecule has 0 radical (unpaired) electrons. The van der Waals surface area contributed by atoms with Crippen LogP contribution in [0.1, 0.15) is 18.3 Å². The van der Waals surface area contributed by atoms with Crippen LogP contribution >= 0.6 is 11.6 Å². The maximum Gasteiger partial charge on any atom is 0.196 e. The number of aryl methyl sites for hydroxylation is 1. The van der Waals surface area contributed by atoms with Gasteiger partial charge in [-0.15, -0.1) is 0 Å². The Morgan fingerprint density at radius 1 is 1.15 bits per heavy atom. The van der Waals surface area contributed by atoms with Crippen LogP contribution in [0.3, 0.4) is 0 Å². The van der Waals surface area contributed by atoms with E-state index in [9.17, 15) is 13.2 Å². The number of hydrogen-bond donors (Lipinski definition) is 1. The highest BCUT2D eigenvalue weighted by molar-refractivity contribution is 6.30. The molecule has 0 aliphatic rings. The standard InChI is InChI=1S/C13H11ClF3N3/c1-3-9-19-12(14)6(2)13(20-9)18-8-5-4-7(15)10(16)11(8)17/h4-5H,3H2,1-2H3,(H,18,19,20). The predicted octanol–water partition coefficient (Wildman–Crippen LogP) is 4.16. The highest BCUT2D eigenvalue weighted by Gasteiger charge is 2.16. The summed E-state index contributed by atoms with van der Waals surface area (Å²) in [5.41, 5.74) is 0.275. The molecule has 3 nitrogen and oxygen atoms in total. The topological polar surface area (TPSA) is 37.8 Å². The third-order valence-corrected chi connectivity index (χ3v) is 3.11. The molecule has 7 heteroatoms. The second-order valence-electron chi connectivity index (χ2n) is 4.11. The number of anilines is 2. The summed E-state index contributed by atoms with van der Waals surface area (Å²) in [5.74, 6) is -3.38. The van der Waals surface area contributed by atoms with Gasteiger partial charge in [-0.1, -0.05) is 18.5 Å². The Morgan fingerprint density at radius 2 is 1.85 bits per heavy atom. The summed E-state index contributed by atoms with van der Waals surface area (Å²) in [6.45, 7) is 3.48. The van der Waals surface area contributed by atoms with Gasteiger partial charge in [0.15, 0.2) is 17.5 Å². The van der Waals surface area contributed by atoms with Crippen LogP contribution in [0.5, 0.6) is 0 Å². The van der Waals surface area contributed by atoms with Crippen LogP contribution in [0, 0.1) is 24.4 Å². The van der Waals surface area contributed by atoms with Gasteiger partial charge >= 0.3 is 0 Å². The molecule has 0 aliphatic carbocycles. The van der Waals surface area contributed by atoms with Crippen LogP contribution in [-0.2, 0) is 6.42 Å². The van der Waals surface area contributed by atoms with E-state index in [0.717, 1.165) is 12.1 Å². The molecule has 0 saturated carbocycles. The number of hydrogen-bond acceptors (Lipinski definition) is 3. The fraction of sp³-hybridized carbons (Fsp3) is 0.231. The fourth-order valence-corrected chi connectivity index (χ4v) is 1.75. The van der Waals surface area contributed by atoms with Gasteiger partial charge in [0.25, 0.3) is 0 Å². The lowest BCUT2D eigenvalue weighted by atomic mass is 10.2. The largest absolute Gasteiger partial charge is 0.337 e. The average Bonchev–Trinajstić information content (AvgIpc) is 2.44. The zero-order valence-corrected chi connectivity index (χ0v) is 11.5. The molecule has 2 rings (SSSR count). The first-order valence-electron chi connectivity index (χ1n) is 5.87. The van der Waals surface area contributed by atoms with Gasteiger partial charge in [-0.25, -0.2) is 23.1 Å². The first-order valence-corrected chi connectivity index (χ1v) is 6.25. The van der Waals surface area contributed by atoms with E-state index in [1.54, 1.807) is 6.92 Å². The van der Waals surface area contributed by atoms with Crippen molar-refractivity contribution in [3.8, 4) is 0 Å². The number of benzene rings is 1. The van der Waals surface area contributed by atoms with Gasteiger partial charge in [-0.2, -0.15) is 0 Å². The van der Waals surface area contributed by atoms with E-state index in [1.807, 2.05) is 6.92 Å². The molecule has 0 atom stereocenters. The van der Waals surface area contributed by atoms with Crippen LogP contribution in [-0.4, -0.2) is 9.97 Å². The Labute approximate surface area is 118 Å². The molecule has 0 saturated heterocycles. The predicted molar refractivity (Wildman–Crippen MR) is 70.8 cm³/mol. The number of halogens is 4. The van der Waals surface area contributed by atoms with E-state index in [0.29, 0.717) is 17.8 Å². The number of aromatic nitrogens is 2. The zero-order valence-electron chi connectivity index (χ0n) is 10.8. The number of nitrogens with one attached hydrogen (secondary N) is 1. The average molecular weight is 302 g/mol. The molecule has 0 fully saturated rings. The maximum atomic E-state index is 13.6. The molecule has 0 bridgehead atoms. The van der Waals surface area contributed by atoms with E-state index in [4.69, 9.17) is 11.6 Å². The SMILES string of the molecule is CCc1nc(Cl)c(C)c(Nc2ccc(F)c(F)c2F)n1. The second kappa shape index (κ2) is 5.66. The molecule has 0 aliphatic heterocycles. The van der Waals surface area contributed by atoms with Gasteiger partial charge in [-0.05, 0) is 19.1 Å². The summed E-state index contributed by atoms with van der Waals surface area (Å²) in [6, 6.07) is 1.93. The Kier molecular flexibility index (Phi) is 4.13. The van der Waals surface area contributed by atoms with E-state index in [1.165, 1.54) is 0 Å². The summed E-state index contributed by atoms with van der Waals surface area (Å²) in [5, 5.41) is 2.83. The molecule has 1 N–H and O–H groups in total. The van der Waals surface area contributed by atoms with Crippen molar-refractivity contribution in [1.29, 1.82) is 0 Å². The van der Waals surface area contributed by atoms with Crippen molar-refractivity contribution >= 4 is 23.1 Å². The molecule has 0 unspecified atom stereocenters. The minimum Gasteiger partial charge on any atom is -0.337 e. The smallest absolute Gasteiger partial charge is 0.196 e. The van der Waals surface area contributed by atoms with Gasteiger partial charge in [0.05, 0.1) is 5.69 Å². The van der Waals surface area contributed by atoms with Crippen LogP contribution in [0.4, 0.5) is 24.7 Å². The third kappa shape index (κ3) is 2.70. The summed E-state index contributed by atoms with van der Waals surface area (Å²) in [7, 11) is 0. The fourth-order valence-electron chi connectivity index (χ4n) is 1.56. The van der Waals surface area contributed by atoms with Crippen molar-refractivity contribution in [2.24, 2.45) is 0 Å². The van der Waals surface area contributed by atoms with Crippen LogP contribution in [0.15, 0.2) is 12.1 Å². The monoisotopic (exact) mass is 301 g/mol. The normalized spacial score (nSPS) is 10.7. The molecule has 0 amide bonds. The van der Waals surface area contributed by atoms with Crippen LogP contribution in [0.25, 0.3) is 0 Å². The first-order chi connectivity index (χ1) is 9.43. The molecule has 106 valence electrons. The highest BCUT2D eigenvalue weighted by Crippen LogP contribution is 2.26. The van der Waals surface area contributed by atoms with Crippen molar-refractivity contribution in [1.82, 2.24) is 9.97 Å². The number of nitrogens with zero attached hydrogens (tertiary/aromatic N) is 2. The molecular formula is C13H11ClF3N3. The zero-order chi connectivity index (χ0) is 14.9. The number of rotatable bonds is 3. The molecule has 1 heterocycles. The van der Waals surface area contributed by atoms with Gasteiger partial charge in [0, 0.05) is 12.0 Å². The molecule has 20 heavy (non-hydrogen) atoms. The molecule has 1 aromatic heterocycles. The second-order valence-corrected chi connectivity index (χ2v) is 4.46. The lowest BCUT2D eigenvalue weighted by Gasteiger charge is -2.12. The van der Waals surface area contributed by atoms with Gasteiger partial charge in [0.1, 0.15) is 16.8 Å². The molecular weight excluding hydrogens is 291 g/mol. The first kappa shape index (κ1) is 14.6. The van der Waals surface area contributed by atoms with E-state index in [2.05, 4.69) is 15.3 Å². The molecule has 0 spiro atoms. The van der Waals surface area contributed by atoms with Crippen molar-refractivity contribution in [3.05, 3.63) is 46.1 Å². The van der Waals surface area contributed by atoms with Crippen molar-refractivity contribution in [2.75, 3.05) is 5.32 Å².